The Morgan fingerprint density at radius 2 is 2.44 bits per heavy atom. The first-order chi connectivity index (χ1) is 7.60. The molecule has 8 heteroatoms. The SMILES string of the molecule is CCC(C#N)S(=O)(=O)NCCc1ncno1. The van der Waals surface area contributed by atoms with Gasteiger partial charge in [-0.15, -0.1) is 0 Å². The van der Waals surface area contributed by atoms with Gasteiger partial charge in [0.05, 0.1) is 6.07 Å². The molecule has 0 bridgehead atoms. The number of nitrogens with zero attached hydrogens (tertiary/aromatic N) is 3. The van der Waals surface area contributed by atoms with Crippen molar-refractivity contribution in [3.05, 3.63) is 12.2 Å². The molecule has 0 amide bonds. The first-order valence-corrected chi connectivity index (χ1v) is 6.28. The van der Waals surface area contributed by atoms with Crippen molar-refractivity contribution in [2.45, 2.75) is 25.0 Å². The lowest BCUT2D eigenvalue weighted by atomic mass is 10.4. The summed E-state index contributed by atoms with van der Waals surface area (Å²) in [6.07, 6.45) is 1.81. The predicted molar refractivity (Wildman–Crippen MR) is 54.6 cm³/mol. The maximum atomic E-state index is 11.5. The van der Waals surface area contributed by atoms with E-state index in [1.807, 2.05) is 0 Å². The number of nitrogens with one attached hydrogen (secondary N) is 1. The summed E-state index contributed by atoms with van der Waals surface area (Å²) in [7, 11) is -3.58. The zero-order valence-corrected chi connectivity index (χ0v) is 9.57. The van der Waals surface area contributed by atoms with Gasteiger partial charge in [0.2, 0.25) is 15.9 Å². The predicted octanol–water partition coefficient (Wildman–Crippen LogP) is -0.166. The highest BCUT2D eigenvalue weighted by atomic mass is 32.2. The summed E-state index contributed by atoms with van der Waals surface area (Å²) in [5.74, 6) is 0.354. The fraction of sp³-hybridized carbons (Fsp3) is 0.625. The fourth-order valence-electron chi connectivity index (χ4n) is 1.09. The summed E-state index contributed by atoms with van der Waals surface area (Å²) >= 11 is 0. The van der Waals surface area contributed by atoms with Crippen molar-refractivity contribution in [2.75, 3.05) is 6.54 Å². The zero-order valence-electron chi connectivity index (χ0n) is 8.75. The largest absolute Gasteiger partial charge is 0.340 e. The minimum Gasteiger partial charge on any atom is -0.340 e. The molecule has 1 aromatic heterocycles. The average molecular weight is 244 g/mol. The van der Waals surface area contributed by atoms with Gasteiger partial charge in [0.25, 0.3) is 0 Å². The third-order valence-corrected chi connectivity index (χ3v) is 3.73. The van der Waals surface area contributed by atoms with E-state index in [1.165, 1.54) is 6.33 Å². The van der Waals surface area contributed by atoms with Crippen molar-refractivity contribution in [3.63, 3.8) is 0 Å². The van der Waals surface area contributed by atoms with Crippen LogP contribution in [0.25, 0.3) is 0 Å². The molecule has 0 aliphatic rings. The molecular weight excluding hydrogens is 232 g/mol. The highest BCUT2D eigenvalue weighted by molar-refractivity contribution is 7.90. The number of aromatic nitrogens is 2. The van der Waals surface area contributed by atoms with Crippen LogP contribution in [-0.2, 0) is 16.4 Å². The number of hydrogen-bond donors (Lipinski definition) is 1. The number of sulfonamides is 1. The molecule has 16 heavy (non-hydrogen) atoms. The zero-order chi connectivity index (χ0) is 12.0. The molecule has 0 saturated carbocycles. The molecule has 88 valence electrons. The first kappa shape index (κ1) is 12.6. The molecule has 1 rings (SSSR count). The van der Waals surface area contributed by atoms with Crippen molar-refractivity contribution < 1.29 is 12.9 Å². The van der Waals surface area contributed by atoms with Gasteiger partial charge in [-0.2, -0.15) is 10.2 Å². The Morgan fingerprint density at radius 3 is 2.94 bits per heavy atom. The minimum atomic E-state index is -3.58. The van der Waals surface area contributed by atoms with Gasteiger partial charge in [0.1, 0.15) is 0 Å². The van der Waals surface area contributed by atoms with Crippen molar-refractivity contribution in [1.29, 1.82) is 5.26 Å². The number of hydrogen-bond acceptors (Lipinski definition) is 6. The Balaban J connectivity index is 2.46. The molecule has 0 saturated heterocycles. The summed E-state index contributed by atoms with van der Waals surface area (Å²) < 4.78 is 30.1. The fourth-order valence-corrected chi connectivity index (χ4v) is 2.25. The van der Waals surface area contributed by atoms with Crippen molar-refractivity contribution >= 4 is 10.0 Å². The second-order valence-corrected chi connectivity index (χ2v) is 5.00. The Labute approximate surface area is 93.5 Å². The lowest BCUT2D eigenvalue weighted by Crippen LogP contribution is -2.34. The van der Waals surface area contributed by atoms with Gasteiger partial charge >= 0.3 is 0 Å². The Bertz CT molecular complexity index is 448. The highest BCUT2D eigenvalue weighted by Gasteiger charge is 2.22. The lowest BCUT2D eigenvalue weighted by molar-refractivity contribution is 0.377. The quantitative estimate of drug-likeness (QED) is 0.744. The molecule has 1 heterocycles. The van der Waals surface area contributed by atoms with Gasteiger partial charge in [-0.1, -0.05) is 12.1 Å². The molecule has 1 N–H and O–H groups in total. The molecule has 0 fully saturated rings. The van der Waals surface area contributed by atoms with E-state index < -0.39 is 15.3 Å². The molecule has 7 nitrogen and oxygen atoms in total. The Kier molecular flexibility index (Phi) is 4.39. The second-order valence-electron chi connectivity index (χ2n) is 3.05. The molecular formula is C8H12N4O3S. The maximum Gasteiger partial charge on any atom is 0.227 e. The molecule has 1 atom stereocenters. The van der Waals surface area contributed by atoms with Gasteiger partial charge in [-0.3, -0.25) is 0 Å². The van der Waals surface area contributed by atoms with E-state index in [9.17, 15) is 8.42 Å². The van der Waals surface area contributed by atoms with Gasteiger partial charge < -0.3 is 4.52 Å². The molecule has 0 aromatic carbocycles. The van der Waals surface area contributed by atoms with E-state index in [-0.39, 0.29) is 13.0 Å². The highest BCUT2D eigenvalue weighted by Crippen LogP contribution is 2.02. The van der Waals surface area contributed by atoms with Gasteiger partial charge in [0.15, 0.2) is 11.6 Å². The third kappa shape index (κ3) is 3.29. The summed E-state index contributed by atoms with van der Waals surface area (Å²) in [6.45, 7) is 1.79. The van der Waals surface area contributed by atoms with Crippen LogP contribution in [0.5, 0.6) is 0 Å². The monoisotopic (exact) mass is 244 g/mol. The van der Waals surface area contributed by atoms with Crippen molar-refractivity contribution in [3.8, 4) is 6.07 Å². The van der Waals surface area contributed by atoms with E-state index in [4.69, 9.17) is 9.78 Å². The van der Waals surface area contributed by atoms with Crippen LogP contribution < -0.4 is 4.72 Å². The molecule has 0 spiro atoms. The Hall–Kier alpha value is -1.46. The van der Waals surface area contributed by atoms with E-state index in [2.05, 4.69) is 14.9 Å². The summed E-state index contributed by atoms with van der Waals surface area (Å²) in [5.41, 5.74) is 0. The minimum absolute atomic E-state index is 0.142. The summed E-state index contributed by atoms with van der Waals surface area (Å²) in [6, 6.07) is 1.73. The van der Waals surface area contributed by atoms with Crippen LogP contribution in [0.3, 0.4) is 0 Å². The normalized spacial score (nSPS) is 13.2. The van der Waals surface area contributed by atoms with E-state index in [1.54, 1.807) is 13.0 Å². The smallest absolute Gasteiger partial charge is 0.227 e. The van der Waals surface area contributed by atoms with E-state index in [0.29, 0.717) is 12.3 Å². The topological polar surface area (TPSA) is 109 Å². The van der Waals surface area contributed by atoms with Crippen LogP contribution in [0.2, 0.25) is 0 Å². The lowest BCUT2D eigenvalue weighted by Gasteiger charge is -2.08. The van der Waals surface area contributed by atoms with Gasteiger partial charge in [0, 0.05) is 13.0 Å². The molecule has 0 radical (unpaired) electrons. The maximum absolute atomic E-state index is 11.5. The first-order valence-electron chi connectivity index (χ1n) is 4.73. The number of rotatable bonds is 6. The summed E-state index contributed by atoms with van der Waals surface area (Å²) in [5, 5.41) is 11.0. The average Bonchev–Trinajstić information content (AvgIpc) is 2.71. The van der Waals surface area contributed by atoms with Crippen LogP contribution >= 0.6 is 0 Å². The van der Waals surface area contributed by atoms with E-state index >= 15 is 0 Å². The van der Waals surface area contributed by atoms with Crippen molar-refractivity contribution in [2.24, 2.45) is 0 Å². The third-order valence-electron chi connectivity index (χ3n) is 1.94. The van der Waals surface area contributed by atoms with Crippen LogP contribution in [0.1, 0.15) is 19.2 Å². The molecule has 1 unspecified atom stereocenters. The van der Waals surface area contributed by atoms with Gasteiger partial charge in [-0.05, 0) is 6.42 Å². The standard InChI is InChI=1S/C8H12N4O3S/c1-2-7(5-9)16(13,14)12-4-3-8-10-6-11-15-8/h6-7,12H,2-4H2,1H3. The molecule has 1 aromatic rings. The second kappa shape index (κ2) is 5.58. The van der Waals surface area contributed by atoms with Crippen LogP contribution in [0.15, 0.2) is 10.9 Å². The molecule has 0 aliphatic heterocycles. The van der Waals surface area contributed by atoms with Crippen LogP contribution in [0, 0.1) is 11.3 Å². The van der Waals surface area contributed by atoms with Crippen molar-refractivity contribution in [1.82, 2.24) is 14.9 Å². The Morgan fingerprint density at radius 1 is 1.69 bits per heavy atom. The van der Waals surface area contributed by atoms with Crippen LogP contribution in [-0.4, -0.2) is 30.4 Å². The van der Waals surface area contributed by atoms with Crippen LogP contribution in [0.4, 0.5) is 0 Å². The molecule has 0 aliphatic carbocycles. The number of nitriles is 1. The van der Waals surface area contributed by atoms with E-state index in [0.717, 1.165) is 0 Å². The summed E-state index contributed by atoms with van der Waals surface area (Å²) in [4.78, 5) is 3.74. The van der Waals surface area contributed by atoms with Gasteiger partial charge in [-0.25, -0.2) is 13.1 Å².